The first-order valence-electron chi connectivity index (χ1n) is 7.12. The highest BCUT2D eigenvalue weighted by Gasteiger charge is 2.25. The van der Waals surface area contributed by atoms with Crippen LogP contribution in [0.3, 0.4) is 0 Å². The van der Waals surface area contributed by atoms with E-state index in [-0.39, 0.29) is 28.4 Å². The van der Waals surface area contributed by atoms with E-state index in [1.807, 2.05) is 6.07 Å². The Morgan fingerprint density at radius 1 is 0.960 bits per heavy atom. The third-order valence-electron chi connectivity index (χ3n) is 3.56. The van der Waals surface area contributed by atoms with Gasteiger partial charge in [0.25, 0.3) is 0 Å². The number of hydrogen-bond donors (Lipinski definition) is 2. The molecule has 0 fully saturated rings. The molecule has 25 heavy (non-hydrogen) atoms. The van der Waals surface area contributed by atoms with Gasteiger partial charge in [-0.15, -0.1) is 10.2 Å². The largest absolute Gasteiger partial charge is 0.505 e. The summed E-state index contributed by atoms with van der Waals surface area (Å²) in [6, 6.07) is 15.2. The summed E-state index contributed by atoms with van der Waals surface area (Å²) in [7, 11) is 0. The summed E-state index contributed by atoms with van der Waals surface area (Å²) < 4.78 is 0. The quantitative estimate of drug-likeness (QED) is 0.671. The first kappa shape index (κ1) is 16.9. The van der Waals surface area contributed by atoms with Crippen LogP contribution in [-0.2, 0) is 0 Å². The zero-order chi connectivity index (χ0) is 18.0. The van der Waals surface area contributed by atoms with E-state index in [0.29, 0.717) is 21.2 Å². The SMILES string of the molecule is N#C/C(=C1\N=NC(=N)C(c2ccc(Cl)cc2)=C1O)c1ccc(Cl)cc1. The fourth-order valence-corrected chi connectivity index (χ4v) is 2.61. The number of amidine groups is 1. The van der Waals surface area contributed by atoms with Gasteiger partial charge in [-0.05, 0) is 35.4 Å². The molecule has 122 valence electrons. The summed E-state index contributed by atoms with van der Waals surface area (Å²) in [6.07, 6.45) is 0. The van der Waals surface area contributed by atoms with E-state index in [2.05, 4.69) is 10.2 Å². The van der Waals surface area contributed by atoms with Crippen molar-refractivity contribution in [1.82, 2.24) is 0 Å². The van der Waals surface area contributed by atoms with Gasteiger partial charge in [0, 0.05) is 10.0 Å². The van der Waals surface area contributed by atoms with Crippen molar-refractivity contribution in [2.75, 3.05) is 0 Å². The summed E-state index contributed by atoms with van der Waals surface area (Å²) in [4.78, 5) is 0. The summed E-state index contributed by atoms with van der Waals surface area (Å²) >= 11 is 11.8. The summed E-state index contributed by atoms with van der Waals surface area (Å²) in [5.41, 5.74) is 1.42. The Morgan fingerprint density at radius 3 is 2.08 bits per heavy atom. The van der Waals surface area contributed by atoms with Gasteiger partial charge in [0.1, 0.15) is 11.8 Å². The van der Waals surface area contributed by atoms with Crippen molar-refractivity contribution in [2.24, 2.45) is 10.2 Å². The number of aliphatic hydroxyl groups is 1. The van der Waals surface area contributed by atoms with Crippen LogP contribution in [0.4, 0.5) is 0 Å². The fourth-order valence-electron chi connectivity index (χ4n) is 2.36. The highest BCUT2D eigenvalue weighted by Crippen LogP contribution is 2.33. The minimum atomic E-state index is -0.283. The smallest absolute Gasteiger partial charge is 0.178 e. The van der Waals surface area contributed by atoms with E-state index in [9.17, 15) is 10.4 Å². The molecule has 0 radical (unpaired) electrons. The third kappa shape index (κ3) is 3.31. The maximum absolute atomic E-state index is 10.7. The average Bonchev–Trinajstić information content (AvgIpc) is 2.60. The number of nitriles is 1. The molecule has 1 heterocycles. The lowest BCUT2D eigenvalue weighted by Gasteiger charge is -2.15. The molecule has 0 unspecified atom stereocenters. The van der Waals surface area contributed by atoms with Gasteiger partial charge < -0.3 is 5.11 Å². The van der Waals surface area contributed by atoms with Crippen LogP contribution in [0.1, 0.15) is 11.1 Å². The maximum Gasteiger partial charge on any atom is 0.178 e. The van der Waals surface area contributed by atoms with Gasteiger partial charge in [-0.25, -0.2) is 0 Å². The number of rotatable bonds is 2. The van der Waals surface area contributed by atoms with Gasteiger partial charge in [0.05, 0.1) is 11.1 Å². The Kier molecular flexibility index (Phi) is 4.66. The molecule has 0 saturated heterocycles. The van der Waals surface area contributed by atoms with Crippen LogP contribution in [0.5, 0.6) is 0 Å². The van der Waals surface area contributed by atoms with Crippen molar-refractivity contribution in [3.05, 3.63) is 81.2 Å². The van der Waals surface area contributed by atoms with Crippen LogP contribution >= 0.6 is 23.2 Å². The molecule has 0 spiro atoms. The van der Waals surface area contributed by atoms with E-state index in [1.165, 1.54) is 0 Å². The molecule has 0 atom stereocenters. The molecule has 1 aliphatic rings. The molecule has 0 saturated carbocycles. The Morgan fingerprint density at radius 2 is 1.52 bits per heavy atom. The lowest BCUT2D eigenvalue weighted by Crippen LogP contribution is -2.08. The molecule has 0 aliphatic carbocycles. The zero-order valence-corrected chi connectivity index (χ0v) is 14.2. The fraction of sp³-hybridized carbons (Fsp3) is 0. The van der Waals surface area contributed by atoms with E-state index in [0.717, 1.165) is 0 Å². The first-order valence-corrected chi connectivity index (χ1v) is 7.87. The molecule has 0 amide bonds. The Bertz CT molecular complexity index is 981. The molecular formula is C18H10Cl2N4O. The second-order valence-electron chi connectivity index (χ2n) is 5.12. The van der Waals surface area contributed by atoms with Crippen LogP contribution in [0.25, 0.3) is 11.1 Å². The number of allylic oxidation sites excluding steroid dienone is 1. The van der Waals surface area contributed by atoms with Crippen molar-refractivity contribution < 1.29 is 5.11 Å². The number of benzene rings is 2. The third-order valence-corrected chi connectivity index (χ3v) is 4.07. The van der Waals surface area contributed by atoms with Gasteiger partial charge >= 0.3 is 0 Å². The van der Waals surface area contributed by atoms with Crippen molar-refractivity contribution >= 4 is 40.2 Å². The highest BCUT2D eigenvalue weighted by molar-refractivity contribution is 6.31. The van der Waals surface area contributed by atoms with Gasteiger partial charge in [-0.3, -0.25) is 5.41 Å². The van der Waals surface area contributed by atoms with Crippen LogP contribution < -0.4 is 0 Å². The predicted molar refractivity (Wildman–Crippen MR) is 97.6 cm³/mol. The number of nitrogens with zero attached hydrogens (tertiary/aromatic N) is 3. The van der Waals surface area contributed by atoms with Crippen LogP contribution in [-0.4, -0.2) is 10.9 Å². The standard InChI is InChI=1S/C18H10Cl2N4O/c19-12-5-1-10(2-6-12)14(9-21)16-17(25)15(18(22)24-23-16)11-3-7-13(20)8-4-11/h1-8,22,25H/b16-14+,22-18?. The summed E-state index contributed by atoms with van der Waals surface area (Å²) in [5.74, 6) is -0.481. The predicted octanol–water partition coefficient (Wildman–Crippen LogP) is 5.64. The average molecular weight is 369 g/mol. The van der Waals surface area contributed by atoms with Gasteiger partial charge in [0.15, 0.2) is 11.6 Å². The molecule has 5 nitrogen and oxygen atoms in total. The van der Waals surface area contributed by atoms with Crippen LogP contribution in [0.2, 0.25) is 10.0 Å². The molecular weight excluding hydrogens is 359 g/mol. The molecule has 2 aromatic carbocycles. The molecule has 0 bridgehead atoms. The van der Waals surface area contributed by atoms with E-state index in [4.69, 9.17) is 28.6 Å². The lowest BCUT2D eigenvalue weighted by atomic mass is 9.97. The van der Waals surface area contributed by atoms with E-state index >= 15 is 0 Å². The molecule has 7 heteroatoms. The first-order chi connectivity index (χ1) is 12.0. The van der Waals surface area contributed by atoms with Crippen LogP contribution in [0, 0.1) is 16.7 Å². The normalized spacial score (nSPS) is 16.0. The minimum absolute atomic E-state index is 0.00534. The number of azo groups is 1. The van der Waals surface area contributed by atoms with E-state index < -0.39 is 0 Å². The zero-order valence-electron chi connectivity index (χ0n) is 12.7. The number of aliphatic hydroxyl groups excluding tert-OH is 1. The highest BCUT2D eigenvalue weighted by atomic mass is 35.5. The maximum atomic E-state index is 10.7. The van der Waals surface area contributed by atoms with Crippen molar-refractivity contribution in [3.8, 4) is 6.07 Å². The second kappa shape index (κ2) is 6.89. The minimum Gasteiger partial charge on any atom is -0.505 e. The Hall–Kier alpha value is -2.94. The van der Waals surface area contributed by atoms with E-state index in [1.54, 1.807) is 48.5 Å². The summed E-state index contributed by atoms with van der Waals surface area (Å²) in [5, 5.41) is 36.8. The van der Waals surface area contributed by atoms with Gasteiger partial charge in [-0.2, -0.15) is 5.26 Å². The molecule has 0 aromatic heterocycles. The number of hydrogen-bond acceptors (Lipinski definition) is 4. The topological polar surface area (TPSA) is 92.6 Å². The Labute approximate surface area is 153 Å². The molecule has 2 aromatic rings. The van der Waals surface area contributed by atoms with Crippen molar-refractivity contribution in [1.29, 1.82) is 10.7 Å². The molecule has 1 aliphatic heterocycles. The van der Waals surface area contributed by atoms with Gasteiger partial charge in [-0.1, -0.05) is 47.5 Å². The van der Waals surface area contributed by atoms with Crippen molar-refractivity contribution in [2.45, 2.75) is 0 Å². The van der Waals surface area contributed by atoms with Gasteiger partial charge in [0.2, 0.25) is 0 Å². The van der Waals surface area contributed by atoms with Crippen molar-refractivity contribution in [3.63, 3.8) is 0 Å². The molecule has 2 N–H and O–H groups in total. The lowest BCUT2D eigenvalue weighted by molar-refractivity contribution is 0.424. The van der Waals surface area contributed by atoms with Crippen LogP contribution in [0.15, 0.2) is 70.2 Å². The Balaban J connectivity index is 2.20. The second-order valence-corrected chi connectivity index (χ2v) is 5.99. The monoisotopic (exact) mass is 368 g/mol. The number of halogens is 2. The summed E-state index contributed by atoms with van der Waals surface area (Å²) in [6.45, 7) is 0. The molecule has 3 rings (SSSR count). The number of nitrogens with one attached hydrogen (secondary N) is 1.